The average molecular weight is 401 g/mol. The highest BCUT2D eigenvalue weighted by Gasteiger charge is 2.33. The molecule has 28 heavy (non-hydrogen) atoms. The van der Waals surface area contributed by atoms with Crippen LogP contribution < -0.4 is 4.90 Å². The molecule has 1 amide bonds. The van der Waals surface area contributed by atoms with Crippen LogP contribution in [0.2, 0.25) is 0 Å². The maximum absolute atomic E-state index is 13.1. The van der Waals surface area contributed by atoms with E-state index in [1.165, 1.54) is 16.8 Å². The van der Waals surface area contributed by atoms with Gasteiger partial charge in [-0.15, -0.1) is 4.40 Å². The van der Waals surface area contributed by atoms with Crippen LogP contribution in [-0.4, -0.2) is 68.4 Å². The second-order valence-electron chi connectivity index (χ2n) is 7.31. The van der Waals surface area contributed by atoms with Crippen LogP contribution in [-0.2, 0) is 14.8 Å². The first kappa shape index (κ1) is 18.7. The minimum absolute atomic E-state index is 0.0309. The van der Waals surface area contributed by atoms with Gasteiger partial charge in [0.15, 0.2) is 5.84 Å². The molecular formula is C20H24N4O3S. The topological polar surface area (TPSA) is 73.3 Å². The molecule has 0 spiro atoms. The summed E-state index contributed by atoms with van der Waals surface area (Å²) in [7, 11) is -3.51. The number of hydrogen-bond donors (Lipinski definition) is 0. The molecule has 0 radical (unpaired) electrons. The molecule has 0 N–H and O–H groups in total. The normalized spacial score (nSPS) is 21.1. The summed E-state index contributed by atoms with van der Waals surface area (Å²) < 4.78 is 27.7. The number of benzene rings is 1. The lowest BCUT2D eigenvalue weighted by Gasteiger charge is -2.38. The predicted molar refractivity (Wildman–Crippen MR) is 110 cm³/mol. The van der Waals surface area contributed by atoms with E-state index < -0.39 is 10.0 Å². The molecule has 0 saturated carbocycles. The third-order valence-electron chi connectivity index (χ3n) is 5.57. The molecule has 4 rings (SSSR count). The number of amides is 1. The standard InChI is InChI=1S/C20H24N4O3S/c1-15-5-3-7-18(16(15)2)22-9-11-24(12-10-22)20(25)17-6-4-8-23-13-14-28(26,27)21-19(17)23/h3-8H,9-14H2,1-2H3. The van der Waals surface area contributed by atoms with Crippen molar-refractivity contribution in [1.82, 2.24) is 9.80 Å². The minimum atomic E-state index is -3.51. The highest BCUT2D eigenvalue weighted by Crippen LogP contribution is 2.25. The van der Waals surface area contributed by atoms with Crippen molar-refractivity contribution in [2.45, 2.75) is 13.8 Å². The Morgan fingerprint density at radius 1 is 1.07 bits per heavy atom. The molecule has 1 fully saturated rings. The van der Waals surface area contributed by atoms with E-state index in [9.17, 15) is 13.2 Å². The third kappa shape index (κ3) is 3.44. The molecule has 3 aliphatic rings. The van der Waals surface area contributed by atoms with Gasteiger partial charge in [0.25, 0.3) is 15.9 Å². The molecule has 1 saturated heterocycles. The summed E-state index contributed by atoms with van der Waals surface area (Å²) in [5, 5.41) is 0. The molecule has 3 heterocycles. The van der Waals surface area contributed by atoms with Gasteiger partial charge in [-0.2, -0.15) is 0 Å². The number of piperazine rings is 1. The summed E-state index contributed by atoms with van der Waals surface area (Å²) in [5.41, 5.74) is 4.08. The van der Waals surface area contributed by atoms with Gasteiger partial charge >= 0.3 is 0 Å². The monoisotopic (exact) mass is 400 g/mol. The Morgan fingerprint density at radius 2 is 1.82 bits per heavy atom. The molecule has 3 aliphatic heterocycles. The van der Waals surface area contributed by atoms with E-state index in [1.807, 2.05) is 0 Å². The Kier molecular flexibility index (Phi) is 4.74. The number of carbonyl (C=O) groups excluding carboxylic acids is 1. The van der Waals surface area contributed by atoms with Crippen molar-refractivity contribution in [3.05, 3.63) is 53.3 Å². The van der Waals surface area contributed by atoms with Crippen molar-refractivity contribution < 1.29 is 13.2 Å². The summed E-state index contributed by atoms with van der Waals surface area (Å²) in [6.45, 7) is 7.22. The summed E-state index contributed by atoms with van der Waals surface area (Å²) in [4.78, 5) is 18.9. The van der Waals surface area contributed by atoms with E-state index in [2.05, 4.69) is 41.3 Å². The van der Waals surface area contributed by atoms with Crippen molar-refractivity contribution in [2.75, 3.05) is 43.4 Å². The Hall–Kier alpha value is -2.61. The highest BCUT2D eigenvalue weighted by atomic mass is 32.2. The number of aryl methyl sites for hydroxylation is 1. The summed E-state index contributed by atoms with van der Waals surface area (Å²) in [5.74, 6) is 0.0538. The third-order valence-corrected chi connectivity index (χ3v) is 6.72. The van der Waals surface area contributed by atoms with Gasteiger partial charge in [0, 0.05) is 44.6 Å². The fourth-order valence-corrected chi connectivity index (χ4v) is 4.77. The van der Waals surface area contributed by atoms with Gasteiger partial charge in [0.2, 0.25) is 0 Å². The molecule has 0 unspecified atom stereocenters. The zero-order valence-electron chi connectivity index (χ0n) is 16.1. The maximum atomic E-state index is 13.1. The van der Waals surface area contributed by atoms with Gasteiger partial charge in [-0.25, -0.2) is 8.42 Å². The molecule has 0 aromatic heterocycles. The number of fused-ring (bicyclic) bond motifs is 1. The smallest absolute Gasteiger partial charge is 0.257 e. The molecular weight excluding hydrogens is 376 g/mol. The number of nitrogens with zero attached hydrogens (tertiary/aromatic N) is 4. The lowest BCUT2D eigenvalue weighted by atomic mass is 10.1. The van der Waals surface area contributed by atoms with Gasteiger partial charge in [0.05, 0.1) is 11.3 Å². The Labute approximate surface area is 165 Å². The zero-order valence-corrected chi connectivity index (χ0v) is 16.9. The summed E-state index contributed by atoms with van der Waals surface area (Å²) in [6.07, 6.45) is 5.20. The molecule has 0 atom stereocenters. The van der Waals surface area contributed by atoms with Crippen molar-refractivity contribution in [2.24, 2.45) is 4.40 Å². The lowest BCUT2D eigenvalue weighted by molar-refractivity contribution is -0.126. The quantitative estimate of drug-likeness (QED) is 0.751. The van der Waals surface area contributed by atoms with Crippen molar-refractivity contribution in [3.8, 4) is 0 Å². The van der Waals surface area contributed by atoms with Crippen LogP contribution in [0.25, 0.3) is 0 Å². The van der Waals surface area contributed by atoms with Crippen LogP contribution in [0, 0.1) is 13.8 Å². The molecule has 1 aromatic rings. The Bertz CT molecular complexity index is 1000. The Balaban J connectivity index is 1.50. The number of hydrogen-bond acceptors (Lipinski definition) is 5. The second kappa shape index (κ2) is 7.09. The van der Waals surface area contributed by atoms with Gasteiger partial charge in [-0.05, 0) is 43.2 Å². The van der Waals surface area contributed by atoms with E-state index in [0.29, 0.717) is 25.2 Å². The highest BCUT2D eigenvalue weighted by molar-refractivity contribution is 7.90. The maximum Gasteiger partial charge on any atom is 0.257 e. The first-order valence-corrected chi connectivity index (χ1v) is 11.1. The largest absolute Gasteiger partial charge is 0.368 e. The molecule has 1 aromatic carbocycles. The van der Waals surface area contributed by atoms with Crippen LogP contribution in [0.5, 0.6) is 0 Å². The van der Waals surface area contributed by atoms with E-state index in [0.717, 1.165) is 13.1 Å². The first-order chi connectivity index (χ1) is 13.4. The van der Waals surface area contributed by atoms with Gasteiger partial charge < -0.3 is 14.7 Å². The number of sulfonamides is 1. The van der Waals surface area contributed by atoms with Crippen molar-refractivity contribution >= 4 is 27.5 Å². The summed E-state index contributed by atoms with van der Waals surface area (Å²) in [6, 6.07) is 6.28. The SMILES string of the molecule is Cc1cccc(N2CCN(C(=O)C3=CC=CN4CCS(=O)(=O)N=C34)CC2)c1C. The van der Waals surface area contributed by atoms with Crippen LogP contribution in [0.15, 0.2) is 46.5 Å². The molecule has 8 heteroatoms. The van der Waals surface area contributed by atoms with Crippen molar-refractivity contribution in [1.29, 1.82) is 0 Å². The zero-order chi connectivity index (χ0) is 19.9. The van der Waals surface area contributed by atoms with E-state index in [-0.39, 0.29) is 17.5 Å². The van der Waals surface area contributed by atoms with E-state index in [1.54, 1.807) is 28.2 Å². The van der Waals surface area contributed by atoms with E-state index in [4.69, 9.17) is 0 Å². The summed E-state index contributed by atoms with van der Waals surface area (Å²) >= 11 is 0. The molecule has 0 aliphatic carbocycles. The van der Waals surface area contributed by atoms with Crippen LogP contribution in [0.1, 0.15) is 11.1 Å². The molecule has 7 nitrogen and oxygen atoms in total. The van der Waals surface area contributed by atoms with Crippen LogP contribution >= 0.6 is 0 Å². The fourth-order valence-electron chi connectivity index (χ4n) is 3.78. The van der Waals surface area contributed by atoms with Gasteiger partial charge in [-0.1, -0.05) is 12.1 Å². The van der Waals surface area contributed by atoms with Crippen LogP contribution in [0.3, 0.4) is 0 Å². The lowest BCUT2D eigenvalue weighted by Crippen LogP contribution is -2.51. The average Bonchev–Trinajstić information content (AvgIpc) is 2.69. The number of anilines is 1. The van der Waals surface area contributed by atoms with Crippen LogP contribution in [0.4, 0.5) is 5.69 Å². The van der Waals surface area contributed by atoms with E-state index >= 15 is 0 Å². The number of rotatable bonds is 2. The predicted octanol–water partition coefficient (Wildman–Crippen LogP) is 1.45. The molecule has 0 bridgehead atoms. The van der Waals surface area contributed by atoms with Crippen molar-refractivity contribution in [3.63, 3.8) is 0 Å². The second-order valence-corrected chi connectivity index (χ2v) is 9.07. The first-order valence-electron chi connectivity index (χ1n) is 9.44. The van der Waals surface area contributed by atoms with Gasteiger partial charge in [-0.3, -0.25) is 4.79 Å². The van der Waals surface area contributed by atoms with Gasteiger partial charge in [0.1, 0.15) is 0 Å². The minimum Gasteiger partial charge on any atom is -0.368 e. The Morgan fingerprint density at radius 3 is 2.57 bits per heavy atom. The number of allylic oxidation sites excluding steroid dienone is 2. The molecule has 148 valence electrons. The fraction of sp³-hybridized carbons (Fsp3) is 0.400. The number of amidine groups is 1. The number of carbonyl (C=O) groups is 1.